The molecule has 0 fully saturated rings. The van der Waals surface area contributed by atoms with Crippen LogP contribution in [0.1, 0.15) is 11.1 Å². The average Bonchev–Trinajstić information content (AvgIpc) is 2.45. The Labute approximate surface area is 139 Å². The van der Waals surface area contributed by atoms with Crippen LogP contribution >= 0.6 is 25.3 Å². The summed E-state index contributed by atoms with van der Waals surface area (Å²) >= 11 is 7.76. The normalized spacial score (nSPS) is 13.2. The van der Waals surface area contributed by atoms with Crippen LogP contribution in [-0.4, -0.2) is 12.1 Å². The molecule has 0 aromatic heterocycles. The highest BCUT2D eigenvalue weighted by molar-refractivity contribution is 7.80. The molecule has 0 bridgehead atoms. The van der Waals surface area contributed by atoms with E-state index in [-0.39, 0.29) is 9.79 Å². The van der Waals surface area contributed by atoms with Gasteiger partial charge in [-0.1, -0.05) is 24.3 Å². The quantitative estimate of drug-likeness (QED) is 0.506. The Hall–Kier alpha value is -1.28. The number of rotatable bonds is 3. The SMILES string of the molecule is FC(F)(F)C(F)(F)C(F)(c1cccc(S)c1)c1cccc(S)c1. The first kappa shape index (κ1) is 18.1. The van der Waals surface area contributed by atoms with Crippen LogP contribution in [0.15, 0.2) is 58.3 Å². The second kappa shape index (κ2) is 5.98. The van der Waals surface area contributed by atoms with Crippen molar-refractivity contribution in [2.45, 2.75) is 27.6 Å². The largest absolute Gasteiger partial charge is 0.457 e. The van der Waals surface area contributed by atoms with Crippen LogP contribution in [0.3, 0.4) is 0 Å². The smallest absolute Gasteiger partial charge is 0.226 e. The summed E-state index contributed by atoms with van der Waals surface area (Å²) in [6.07, 6.45) is -6.08. The topological polar surface area (TPSA) is 0 Å². The van der Waals surface area contributed by atoms with E-state index in [1.807, 2.05) is 0 Å². The zero-order valence-corrected chi connectivity index (χ0v) is 13.1. The third-order valence-corrected chi connectivity index (χ3v) is 3.83. The maximum atomic E-state index is 15.4. The lowest BCUT2D eigenvalue weighted by Gasteiger charge is -2.35. The molecule has 0 aliphatic rings. The van der Waals surface area contributed by atoms with Crippen molar-refractivity contribution in [3.05, 3.63) is 59.7 Å². The fourth-order valence-electron chi connectivity index (χ4n) is 2.16. The second-order valence-electron chi connectivity index (χ2n) is 4.83. The van der Waals surface area contributed by atoms with Crippen molar-refractivity contribution >= 4 is 25.3 Å². The van der Waals surface area contributed by atoms with Crippen LogP contribution in [0.25, 0.3) is 0 Å². The summed E-state index contributed by atoms with van der Waals surface area (Å²) < 4.78 is 82.1. The Morgan fingerprint density at radius 2 is 1.04 bits per heavy atom. The molecule has 8 heteroatoms. The van der Waals surface area contributed by atoms with Crippen LogP contribution in [0, 0.1) is 0 Å². The lowest BCUT2D eigenvalue weighted by Crippen LogP contribution is -2.53. The molecule has 0 spiro atoms. The number of hydrogen-bond acceptors (Lipinski definition) is 2. The minimum absolute atomic E-state index is 0.0597. The van der Waals surface area contributed by atoms with E-state index in [0.29, 0.717) is 0 Å². The third kappa shape index (κ3) is 3.06. The Bertz CT molecular complexity index is 666. The van der Waals surface area contributed by atoms with Gasteiger partial charge in [-0.15, -0.1) is 25.3 Å². The Balaban J connectivity index is 2.80. The summed E-state index contributed by atoms with van der Waals surface area (Å²) in [5.41, 5.74) is -5.79. The minimum Gasteiger partial charge on any atom is -0.226 e. The molecule has 2 aromatic carbocycles. The molecule has 0 nitrogen and oxygen atoms in total. The molecule has 2 aromatic rings. The zero-order valence-electron chi connectivity index (χ0n) is 11.3. The average molecular weight is 368 g/mol. The second-order valence-corrected chi connectivity index (χ2v) is 5.86. The highest BCUT2D eigenvalue weighted by atomic mass is 32.1. The van der Waals surface area contributed by atoms with Gasteiger partial charge >= 0.3 is 12.1 Å². The molecule has 124 valence electrons. The summed E-state index contributed by atoms with van der Waals surface area (Å²) in [5.74, 6) is -5.65. The van der Waals surface area contributed by atoms with E-state index < -0.39 is 28.9 Å². The molecule has 0 unspecified atom stereocenters. The Morgan fingerprint density at radius 1 is 0.652 bits per heavy atom. The van der Waals surface area contributed by atoms with Crippen molar-refractivity contribution in [3.8, 4) is 0 Å². The van der Waals surface area contributed by atoms with E-state index in [1.54, 1.807) is 0 Å². The van der Waals surface area contributed by atoms with E-state index >= 15 is 4.39 Å². The summed E-state index contributed by atoms with van der Waals surface area (Å²) in [7, 11) is 0. The predicted octanol–water partition coefficient (Wildman–Crippen LogP) is 5.67. The van der Waals surface area contributed by atoms with Gasteiger partial charge in [-0.3, -0.25) is 0 Å². The van der Waals surface area contributed by atoms with Gasteiger partial charge in [0, 0.05) is 20.9 Å². The Morgan fingerprint density at radius 3 is 1.35 bits per heavy atom. The van der Waals surface area contributed by atoms with E-state index in [9.17, 15) is 22.0 Å². The maximum absolute atomic E-state index is 15.4. The predicted molar refractivity (Wildman–Crippen MR) is 80.3 cm³/mol. The molecular formula is C15H10F6S2. The highest BCUT2D eigenvalue weighted by Gasteiger charge is 2.72. The number of benzene rings is 2. The van der Waals surface area contributed by atoms with Crippen LogP contribution in [0.2, 0.25) is 0 Å². The number of halogens is 6. The van der Waals surface area contributed by atoms with E-state index in [1.165, 1.54) is 12.1 Å². The van der Waals surface area contributed by atoms with Crippen LogP contribution in [0.4, 0.5) is 26.3 Å². The molecule has 0 aliphatic carbocycles. The standard InChI is InChI=1S/C15H10F6S2/c16-13(14(17,18)15(19,20)21,9-3-1-5-11(22)7-9)10-4-2-6-12(23)8-10/h1-8,22-23H. The molecule has 23 heavy (non-hydrogen) atoms. The molecule has 0 amide bonds. The van der Waals surface area contributed by atoms with Crippen molar-refractivity contribution in [2.75, 3.05) is 0 Å². The van der Waals surface area contributed by atoms with Crippen LogP contribution < -0.4 is 0 Å². The van der Waals surface area contributed by atoms with Gasteiger partial charge in [0.05, 0.1) is 0 Å². The van der Waals surface area contributed by atoms with Gasteiger partial charge in [-0.05, 0) is 24.3 Å². The van der Waals surface area contributed by atoms with Crippen molar-refractivity contribution in [1.82, 2.24) is 0 Å². The van der Waals surface area contributed by atoms with Gasteiger partial charge in [-0.25, -0.2) is 4.39 Å². The fourth-order valence-corrected chi connectivity index (χ4v) is 2.62. The first-order chi connectivity index (χ1) is 10.5. The monoisotopic (exact) mass is 368 g/mol. The van der Waals surface area contributed by atoms with Gasteiger partial charge in [0.2, 0.25) is 5.67 Å². The number of thiol groups is 2. The third-order valence-electron chi connectivity index (χ3n) is 3.28. The van der Waals surface area contributed by atoms with E-state index in [2.05, 4.69) is 25.3 Å². The van der Waals surface area contributed by atoms with Crippen LogP contribution in [-0.2, 0) is 5.67 Å². The van der Waals surface area contributed by atoms with Crippen molar-refractivity contribution in [3.63, 3.8) is 0 Å². The molecular weight excluding hydrogens is 358 g/mol. The van der Waals surface area contributed by atoms with Crippen molar-refractivity contribution in [1.29, 1.82) is 0 Å². The molecule has 0 N–H and O–H groups in total. The number of hydrogen-bond donors (Lipinski definition) is 2. The maximum Gasteiger partial charge on any atom is 0.457 e. The van der Waals surface area contributed by atoms with E-state index in [4.69, 9.17) is 0 Å². The molecule has 0 saturated heterocycles. The number of alkyl halides is 6. The van der Waals surface area contributed by atoms with Crippen molar-refractivity contribution in [2.24, 2.45) is 0 Å². The Kier molecular flexibility index (Phi) is 4.69. The highest BCUT2D eigenvalue weighted by Crippen LogP contribution is 2.54. The van der Waals surface area contributed by atoms with Gasteiger partial charge < -0.3 is 0 Å². The molecule has 0 radical (unpaired) electrons. The lowest BCUT2D eigenvalue weighted by atomic mass is 9.82. The molecule has 0 aliphatic heterocycles. The summed E-state index contributed by atoms with van der Waals surface area (Å²) in [4.78, 5) is 0.119. The van der Waals surface area contributed by atoms with Gasteiger partial charge in [0.15, 0.2) is 0 Å². The van der Waals surface area contributed by atoms with Crippen molar-refractivity contribution < 1.29 is 26.3 Å². The van der Waals surface area contributed by atoms with Gasteiger partial charge in [-0.2, -0.15) is 22.0 Å². The molecule has 0 atom stereocenters. The minimum atomic E-state index is -6.08. The first-order valence-electron chi connectivity index (χ1n) is 6.22. The van der Waals surface area contributed by atoms with Gasteiger partial charge in [0.25, 0.3) is 0 Å². The summed E-state index contributed by atoms with van der Waals surface area (Å²) in [6.45, 7) is 0. The molecule has 2 rings (SSSR count). The molecule has 0 heterocycles. The van der Waals surface area contributed by atoms with Gasteiger partial charge in [0.1, 0.15) is 0 Å². The lowest BCUT2D eigenvalue weighted by molar-refractivity contribution is -0.323. The first-order valence-corrected chi connectivity index (χ1v) is 7.12. The zero-order chi connectivity index (χ0) is 17.5. The fraction of sp³-hybridized carbons (Fsp3) is 0.200. The summed E-state index contributed by atoms with van der Waals surface area (Å²) in [5, 5.41) is 0. The molecule has 0 saturated carbocycles. The van der Waals surface area contributed by atoms with Crippen LogP contribution in [0.5, 0.6) is 0 Å². The van der Waals surface area contributed by atoms with E-state index in [0.717, 1.165) is 36.4 Å². The summed E-state index contributed by atoms with van der Waals surface area (Å²) in [6, 6.07) is 8.41.